The van der Waals surface area contributed by atoms with Gasteiger partial charge in [0, 0.05) is 61.1 Å². The third-order valence-corrected chi connectivity index (χ3v) is 8.77. The number of benzene rings is 2. The lowest BCUT2D eigenvalue weighted by molar-refractivity contribution is 0.0694. The van der Waals surface area contributed by atoms with Crippen LogP contribution in [-0.2, 0) is 0 Å². The Hall–Kier alpha value is -3.81. The van der Waals surface area contributed by atoms with Crippen LogP contribution in [0.3, 0.4) is 0 Å². The highest BCUT2D eigenvalue weighted by molar-refractivity contribution is 6.30. The highest BCUT2D eigenvalue weighted by Gasteiger charge is 2.32. The van der Waals surface area contributed by atoms with Crippen molar-refractivity contribution in [1.29, 1.82) is 0 Å². The number of aromatic amines is 1. The average molecular weight is 571 g/mol. The number of aromatic nitrogens is 2. The van der Waals surface area contributed by atoms with Gasteiger partial charge in [-0.3, -0.25) is 4.90 Å². The molecule has 1 aliphatic carbocycles. The quantitative estimate of drug-likeness (QED) is 0.239. The molecule has 8 heteroatoms. The highest BCUT2D eigenvalue weighted by Crippen LogP contribution is 2.44. The summed E-state index contributed by atoms with van der Waals surface area (Å²) in [6, 6.07) is 17.4. The van der Waals surface area contributed by atoms with Crippen molar-refractivity contribution >= 4 is 39.9 Å². The zero-order valence-electron chi connectivity index (χ0n) is 23.5. The molecule has 2 aromatic heterocycles. The van der Waals surface area contributed by atoms with Crippen molar-refractivity contribution < 1.29 is 14.6 Å². The van der Waals surface area contributed by atoms with E-state index in [0.717, 1.165) is 60.9 Å². The first-order valence-corrected chi connectivity index (χ1v) is 14.6. The second-order valence-corrected chi connectivity index (χ2v) is 12.1. The zero-order valence-corrected chi connectivity index (χ0v) is 24.2. The van der Waals surface area contributed by atoms with Crippen molar-refractivity contribution in [2.24, 2.45) is 5.41 Å². The number of ether oxygens (including phenoxy) is 1. The summed E-state index contributed by atoms with van der Waals surface area (Å²) in [7, 11) is 0. The second kappa shape index (κ2) is 11.2. The lowest BCUT2D eigenvalue weighted by Crippen LogP contribution is -2.48. The van der Waals surface area contributed by atoms with Gasteiger partial charge in [-0.1, -0.05) is 37.6 Å². The number of carbonyl (C=O) groups is 1. The van der Waals surface area contributed by atoms with Gasteiger partial charge in [-0.05, 0) is 77.8 Å². The minimum Gasteiger partial charge on any atom is -0.478 e. The summed E-state index contributed by atoms with van der Waals surface area (Å²) >= 11 is 6.18. The van der Waals surface area contributed by atoms with Crippen molar-refractivity contribution in [3.05, 3.63) is 88.7 Å². The Morgan fingerprint density at radius 1 is 1.07 bits per heavy atom. The average Bonchev–Trinajstić information content (AvgIpc) is 3.43. The van der Waals surface area contributed by atoms with E-state index in [2.05, 4.69) is 45.7 Å². The molecule has 2 N–H and O–H groups in total. The number of aromatic carboxylic acids is 1. The Bertz CT molecular complexity index is 1600. The molecule has 4 aromatic rings. The number of allylic oxidation sites excluding steroid dienone is 1. The van der Waals surface area contributed by atoms with Crippen molar-refractivity contribution in [3.8, 4) is 11.5 Å². The first-order valence-electron chi connectivity index (χ1n) is 14.2. The number of carboxylic acid groups (broad SMARTS) is 1. The zero-order chi connectivity index (χ0) is 28.6. The summed E-state index contributed by atoms with van der Waals surface area (Å²) < 4.78 is 6.08. The molecule has 7 nitrogen and oxygen atoms in total. The lowest BCUT2D eigenvalue weighted by atomic mass is 9.71. The van der Waals surface area contributed by atoms with Gasteiger partial charge in [0.1, 0.15) is 22.7 Å². The molecule has 0 unspecified atom stereocenters. The van der Waals surface area contributed by atoms with E-state index in [4.69, 9.17) is 16.3 Å². The summed E-state index contributed by atoms with van der Waals surface area (Å²) in [5.41, 5.74) is 6.29. The van der Waals surface area contributed by atoms with Gasteiger partial charge < -0.3 is 19.7 Å². The highest BCUT2D eigenvalue weighted by atomic mass is 35.5. The van der Waals surface area contributed by atoms with Crippen LogP contribution in [0.15, 0.2) is 72.6 Å². The van der Waals surface area contributed by atoms with Gasteiger partial charge in [0.05, 0.1) is 6.20 Å². The van der Waals surface area contributed by atoms with Crippen molar-refractivity contribution in [1.82, 2.24) is 14.9 Å². The third-order valence-electron chi connectivity index (χ3n) is 8.52. The van der Waals surface area contributed by atoms with Gasteiger partial charge in [-0.15, -0.1) is 0 Å². The van der Waals surface area contributed by atoms with Crippen LogP contribution in [-0.4, -0.2) is 58.7 Å². The van der Waals surface area contributed by atoms with Crippen LogP contribution in [0, 0.1) is 5.41 Å². The van der Waals surface area contributed by atoms with Crippen LogP contribution in [0.1, 0.15) is 49.0 Å². The number of hydrogen-bond acceptors (Lipinski definition) is 5. The minimum absolute atomic E-state index is 0.128. The van der Waals surface area contributed by atoms with Gasteiger partial charge in [0.2, 0.25) is 0 Å². The molecule has 0 saturated carbocycles. The summed E-state index contributed by atoms with van der Waals surface area (Å²) in [4.78, 5) is 24.3. The molecule has 212 valence electrons. The molecule has 1 fully saturated rings. The predicted molar refractivity (Wildman–Crippen MR) is 164 cm³/mol. The predicted octanol–water partition coefficient (Wildman–Crippen LogP) is 7.49. The first-order chi connectivity index (χ1) is 19.8. The standard InChI is InChI=1S/C33H35ClN4O3/c1-33(2)12-3-4-27(22-5-7-24(34)8-6-22)29(33)21-37-14-16-38(17-15-37)25-9-10-28(32(39)40)30(19-25)41-26-18-23-11-13-35-31(23)36-20-26/h5-11,13,18-20H,3-4,12,14-17,21H2,1-2H3,(H,35,36)(H,39,40). The number of carboxylic acids is 1. The van der Waals surface area contributed by atoms with E-state index in [1.807, 2.05) is 42.6 Å². The fourth-order valence-corrected chi connectivity index (χ4v) is 6.28. The molecule has 41 heavy (non-hydrogen) atoms. The van der Waals surface area contributed by atoms with Crippen molar-refractivity contribution in [3.63, 3.8) is 0 Å². The fraction of sp³-hybridized carbons (Fsp3) is 0.333. The van der Waals surface area contributed by atoms with E-state index in [9.17, 15) is 9.90 Å². The maximum Gasteiger partial charge on any atom is 0.339 e. The minimum atomic E-state index is -1.02. The number of pyridine rings is 1. The van der Waals surface area contributed by atoms with Gasteiger partial charge in [0.25, 0.3) is 0 Å². The molecule has 3 heterocycles. The molecular formula is C33H35ClN4O3. The molecule has 2 aliphatic rings. The van der Waals surface area contributed by atoms with E-state index >= 15 is 0 Å². The van der Waals surface area contributed by atoms with Crippen LogP contribution in [0.25, 0.3) is 16.6 Å². The normalized spacial score (nSPS) is 17.7. The van der Waals surface area contributed by atoms with E-state index in [1.54, 1.807) is 12.3 Å². The van der Waals surface area contributed by atoms with Gasteiger partial charge >= 0.3 is 5.97 Å². The number of hydrogen-bond donors (Lipinski definition) is 2. The van der Waals surface area contributed by atoms with Gasteiger partial charge in [0.15, 0.2) is 0 Å². The number of fused-ring (bicyclic) bond motifs is 1. The van der Waals surface area contributed by atoms with Gasteiger partial charge in [-0.2, -0.15) is 0 Å². The van der Waals surface area contributed by atoms with E-state index < -0.39 is 5.97 Å². The molecule has 0 bridgehead atoms. The van der Waals surface area contributed by atoms with Gasteiger partial charge in [-0.25, -0.2) is 9.78 Å². The number of anilines is 1. The van der Waals surface area contributed by atoms with Crippen LogP contribution in [0.2, 0.25) is 5.02 Å². The smallest absolute Gasteiger partial charge is 0.339 e. The van der Waals surface area contributed by atoms with Crippen molar-refractivity contribution in [2.75, 3.05) is 37.6 Å². The third kappa shape index (κ3) is 5.83. The molecule has 1 saturated heterocycles. The van der Waals surface area contributed by atoms with E-state index in [1.165, 1.54) is 29.6 Å². The molecular weight excluding hydrogens is 536 g/mol. The van der Waals surface area contributed by atoms with E-state index in [0.29, 0.717) is 11.5 Å². The number of nitrogens with one attached hydrogen (secondary N) is 1. The molecule has 6 rings (SSSR count). The molecule has 0 radical (unpaired) electrons. The Labute approximate surface area is 245 Å². The number of piperazine rings is 1. The first kappa shape index (κ1) is 27.4. The molecule has 1 aliphatic heterocycles. The van der Waals surface area contributed by atoms with Crippen molar-refractivity contribution in [2.45, 2.75) is 33.1 Å². The number of rotatable bonds is 7. The Kier molecular flexibility index (Phi) is 7.49. The maximum absolute atomic E-state index is 12.0. The largest absolute Gasteiger partial charge is 0.478 e. The van der Waals surface area contributed by atoms with E-state index in [-0.39, 0.29) is 11.0 Å². The number of H-pyrrole nitrogens is 1. The Balaban J connectivity index is 1.18. The summed E-state index contributed by atoms with van der Waals surface area (Å²) in [6.07, 6.45) is 6.93. The number of halogens is 1. The van der Waals surface area contributed by atoms with Crippen LogP contribution in [0.4, 0.5) is 5.69 Å². The molecule has 0 spiro atoms. The SMILES string of the molecule is CC1(C)CCCC(c2ccc(Cl)cc2)=C1CN1CCN(c2ccc(C(=O)O)c(Oc3cnc4[nH]ccc4c3)c2)CC1. The molecule has 0 atom stereocenters. The monoisotopic (exact) mass is 570 g/mol. The number of nitrogens with zero attached hydrogens (tertiary/aromatic N) is 3. The summed E-state index contributed by atoms with van der Waals surface area (Å²) in [5.74, 6) is -0.204. The fourth-order valence-electron chi connectivity index (χ4n) is 6.16. The summed E-state index contributed by atoms with van der Waals surface area (Å²) in [5, 5.41) is 11.5. The Morgan fingerprint density at radius 2 is 1.85 bits per heavy atom. The summed E-state index contributed by atoms with van der Waals surface area (Å²) in [6.45, 7) is 9.28. The van der Waals surface area contributed by atoms with Crippen LogP contribution >= 0.6 is 11.6 Å². The molecule has 0 amide bonds. The second-order valence-electron chi connectivity index (χ2n) is 11.6. The van der Waals surface area contributed by atoms with Crippen LogP contribution < -0.4 is 9.64 Å². The Morgan fingerprint density at radius 3 is 2.61 bits per heavy atom. The van der Waals surface area contributed by atoms with Crippen LogP contribution in [0.5, 0.6) is 11.5 Å². The maximum atomic E-state index is 12.0. The lowest BCUT2D eigenvalue weighted by Gasteiger charge is -2.41. The molecule has 2 aromatic carbocycles. The topological polar surface area (TPSA) is 81.7 Å².